The van der Waals surface area contributed by atoms with Crippen molar-refractivity contribution in [1.82, 2.24) is 14.5 Å². The van der Waals surface area contributed by atoms with Gasteiger partial charge >= 0.3 is 0 Å². The summed E-state index contributed by atoms with van der Waals surface area (Å²) in [5.74, 6) is 1.05. The molecule has 0 aliphatic carbocycles. The molecule has 0 aliphatic heterocycles. The summed E-state index contributed by atoms with van der Waals surface area (Å²) in [5, 5.41) is 9.35. The SMILES string of the molecule is CCc1ccc2c(c1)nc(C(CC)N(C)C)n2CCO. The highest BCUT2D eigenvalue weighted by molar-refractivity contribution is 5.77. The molecule has 0 amide bonds. The van der Waals surface area contributed by atoms with Crippen LogP contribution >= 0.6 is 0 Å². The second kappa shape index (κ2) is 6.37. The lowest BCUT2D eigenvalue weighted by Gasteiger charge is -2.23. The molecule has 20 heavy (non-hydrogen) atoms. The maximum Gasteiger partial charge on any atom is 0.127 e. The molecule has 4 nitrogen and oxygen atoms in total. The Labute approximate surface area is 121 Å². The van der Waals surface area contributed by atoms with Crippen molar-refractivity contribution < 1.29 is 5.11 Å². The molecule has 0 radical (unpaired) electrons. The molecular formula is C16H25N3O. The molecule has 1 heterocycles. The summed E-state index contributed by atoms with van der Waals surface area (Å²) in [7, 11) is 4.16. The maximum absolute atomic E-state index is 9.35. The lowest BCUT2D eigenvalue weighted by atomic mass is 10.1. The quantitative estimate of drug-likeness (QED) is 0.881. The second-order valence-electron chi connectivity index (χ2n) is 5.41. The van der Waals surface area contributed by atoms with Gasteiger partial charge in [0.1, 0.15) is 5.82 Å². The van der Waals surface area contributed by atoms with Gasteiger partial charge in [-0.05, 0) is 44.6 Å². The molecule has 1 aromatic heterocycles. The van der Waals surface area contributed by atoms with Crippen molar-refractivity contribution >= 4 is 11.0 Å². The van der Waals surface area contributed by atoms with Crippen LogP contribution in [0.4, 0.5) is 0 Å². The smallest absolute Gasteiger partial charge is 0.127 e. The van der Waals surface area contributed by atoms with E-state index in [1.807, 2.05) is 0 Å². The molecule has 0 saturated carbocycles. The molecule has 1 unspecified atom stereocenters. The number of aliphatic hydroxyl groups excluding tert-OH is 1. The molecule has 0 aliphatic rings. The molecule has 0 bridgehead atoms. The van der Waals surface area contributed by atoms with E-state index in [0.717, 1.165) is 29.7 Å². The number of aliphatic hydroxyl groups is 1. The molecule has 2 aromatic rings. The molecule has 1 atom stereocenters. The van der Waals surface area contributed by atoms with Gasteiger partial charge in [0.05, 0.1) is 23.7 Å². The average molecular weight is 275 g/mol. The lowest BCUT2D eigenvalue weighted by Crippen LogP contribution is -2.23. The van der Waals surface area contributed by atoms with Gasteiger partial charge in [-0.15, -0.1) is 0 Å². The molecule has 0 fully saturated rings. The fourth-order valence-electron chi connectivity index (χ4n) is 2.78. The minimum absolute atomic E-state index is 0.137. The number of imidazole rings is 1. The Balaban J connectivity index is 2.59. The molecule has 0 saturated heterocycles. The third-order valence-corrected chi connectivity index (χ3v) is 3.88. The van der Waals surface area contributed by atoms with Crippen LogP contribution in [-0.4, -0.2) is 40.3 Å². The van der Waals surface area contributed by atoms with Gasteiger partial charge in [-0.3, -0.25) is 4.90 Å². The predicted molar refractivity (Wildman–Crippen MR) is 82.9 cm³/mol. The van der Waals surface area contributed by atoms with Crippen molar-refractivity contribution in [2.75, 3.05) is 20.7 Å². The first-order valence-corrected chi connectivity index (χ1v) is 7.38. The van der Waals surface area contributed by atoms with Gasteiger partial charge in [-0.1, -0.05) is 19.9 Å². The summed E-state index contributed by atoms with van der Waals surface area (Å²) in [6.07, 6.45) is 2.02. The standard InChI is InChI=1S/C16H25N3O/c1-5-12-7-8-15-13(11-12)17-16(19(15)9-10-20)14(6-2)18(3)4/h7-8,11,14,20H,5-6,9-10H2,1-4H3. The Morgan fingerprint density at radius 2 is 2.05 bits per heavy atom. The van der Waals surface area contributed by atoms with Crippen molar-refractivity contribution in [1.29, 1.82) is 0 Å². The van der Waals surface area contributed by atoms with Crippen LogP contribution < -0.4 is 0 Å². The van der Waals surface area contributed by atoms with Crippen molar-refractivity contribution in [2.45, 2.75) is 39.3 Å². The summed E-state index contributed by atoms with van der Waals surface area (Å²) < 4.78 is 2.16. The fraction of sp³-hybridized carbons (Fsp3) is 0.562. The van der Waals surface area contributed by atoms with Gasteiger partial charge in [0.25, 0.3) is 0 Å². The third kappa shape index (κ3) is 2.72. The topological polar surface area (TPSA) is 41.3 Å². The van der Waals surface area contributed by atoms with E-state index in [-0.39, 0.29) is 12.6 Å². The Hall–Kier alpha value is -1.39. The van der Waals surface area contributed by atoms with Gasteiger partial charge < -0.3 is 9.67 Å². The predicted octanol–water partition coefficient (Wildman–Crippen LogP) is 2.60. The molecule has 1 aromatic carbocycles. The van der Waals surface area contributed by atoms with Crippen molar-refractivity contribution in [2.24, 2.45) is 0 Å². The number of aryl methyl sites for hydroxylation is 1. The maximum atomic E-state index is 9.35. The van der Waals surface area contributed by atoms with E-state index >= 15 is 0 Å². The van der Waals surface area contributed by atoms with Gasteiger partial charge in [-0.25, -0.2) is 4.98 Å². The van der Waals surface area contributed by atoms with Gasteiger partial charge in [0.2, 0.25) is 0 Å². The zero-order valence-corrected chi connectivity index (χ0v) is 12.9. The van der Waals surface area contributed by atoms with E-state index in [4.69, 9.17) is 4.98 Å². The van der Waals surface area contributed by atoms with E-state index < -0.39 is 0 Å². The summed E-state index contributed by atoms with van der Waals surface area (Å²) >= 11 is 0. The molecule has 2 rings (SSSR count). The van der Waals surface area contributed by atoms with Crippen LogP contribution in [0.3, 0.4) is 0 Å². The highest BCUT2D eigenvalue weighted by atomic mass is 16.3. The Morgan fingerprint density at radius 1 is 1.30 bits per heavy atom. The average Bonchev–Trinajstić information content (AvgIpc) is 2.77. The molecule has 110 valence electrons. The third-order valence-electron chi connectivity index (χ3n) is 3.88. The van der Waals surface area contributed by atoms with Gasteiger partial charge in [0, 0.05) is 6.54 Å². The first-order valence-electron chi connectivity index (χ1n) is 7.38. The minimum Gasteiger partial charge on any atom is -0.395 e. The van der Waals surface area contributed by atoms with Crippen molar-refractivity contribution in [3.63, 3.8) is 0 Å². The summed E-state index contributed by atoms with van der Waals surface area (Å²) in [6.45, 7) is 5.06. The van der Waals surface area contributed by atoms with Gasteiger partial charge in [-0.2, -0.15) is 0 Å². The summed E-state index contributed by atoms with van der Waals surface area (Å²) in [5.41, 5.74) is 3.45. The zero-order chi connectivity index (χ0) is 14.7. The van der Waals surface area contributed by atoms with Crippen molar-refractivity contribution in [3.05, 3.63) is 29.6 Å². The van der Waals surface area contributed by atoms with Crippen LogP contribution in [0, 0.1) is 0 Å². The number of nitrogens with zero attached hydrogens (tertiary/aromatic N) is 3. The second-order valence-corrected chi connectivity index (χ2v) is 5.41. The number of benzene rings is 1. The Kier molecular flexibility index (Phi) is 4.78. The van der Waals surface area contributed by atoms with Crippen LogP contribution in [-0.2, 0) is 13.0 Å². The molecule has 0 spiro atoms. The lowest BCUT2D eigenvalue weighted by molar-refractivity contribution is 0.251. The first kappa shape index (κ1) is 15.0. The van der Waals surface area contributed by atoms with Crippen LogP contribution in [0.2, 0.25) is 0 Å². The summed E-state index contributed by atoms with van der Waals surface area (Å²) in [4.78, 5) is 7.03. The van der Waals surface area contributed by atoms with E-state index in [2.05, 4.69) is 55.6 Å². The number of aromatic nitrogens is 2. The zero-order valence-electron chi connectivity index (χ0n) is 12.9. The highest BCUT2D eigenvalue weighted by Gasteiger charge is 2.20. The van der Waals surface area contributed by atoms with E-state index in [0.29, 0.717) is 6.54 Å². The van der Waals surface area contributed by atoms with E-state index in [9.17, 15) is 5.11 Å². The van der Waals surface area contributed by atoms with Gasteiger partial charge in [0.15, 0.2) is 0 Å². The summed E-state index contributed by atoms with van der Waals surface area (Å²) in [6, 6.07) is 6.72. The number of hydrogen-bond acceptors (Lipinski definition) is 3. The van der Waals surface area contributed by atoms with Crippen LogP contribution in [0.5, 0.6) is 0 Å². The van der Waals surface area contributed by atoms with Crippen LogP contribution in [0.15, 0.2) is 18.2 Å². The fourth-order valence-corrected chi connectivity index (χ4v) is 2.78. The first-order chi connectivity index (χ1) is 9.62. The van der Waals surface area contributed by atoms with E-state index in [1.54, 1.807) is 0 Å². The number of rotatable bonds is 6. The molecule has 4 heteroatoms. The largest absolute Gasteiger partial charge is 0.395 e. The van der Waals surface area contributed by atoms with Crippen LogP contribution in [0.1, 0.15) is 37.7 Å². The number of fused-ring (bicyclic) bond motifs is 1. The highest BCUT2D eigenvalue weighted by Crippen LogP contribution is 2.26. The van der Waals surface area contributed by atoms with E-state index in [1.165, 1.54) is 5.56 Å². The number of hydrogen-bond donors (Lipinski definition) is 1. The van der Waals surface area contributed by atoms with Crippen molar-refractivity contribution in [3.8, 4) is 0 Å². The minimum atomic E-state index is 0.137. The van der Waals surface area contributed by atoms with Crippen LogP contribution in [0.25, 0.3) is 11.0 Å². The molecule has 1 N–H and O–H groups in total. The normalized spacial score (nSPS) is 13.3. The monoisotopic (exact) mass is 275 g/mol. The Bertz CT molecular complexity index is 574. The Morgan fingerprint density at radius 3 is 2.60 bits per heavy atom. The molecular weight excluding hydrogens is 250 g/mol.